The van der Waals surface area contributed by atoms with E-state index in [0.29, 0.717) is 17.9 Å². The summed E-state index contributed by atoms with van der Waals surface area (Å²) in [5.74, 6) is 1.34. The van der Waals surface area contributed by atoms with Crippen LogP contribution < -0.4 is 5.32 Å². The minimum Gasteiger partial charge on any atom is -0.356 e. The lowest BCUT2D eigenvalue weighted by atomic mass is 9.89. The second-order valence-corrected chi connectivity index (χ2v) is 8.62. The number of carbonyl (C=O) groups is 1. The van der Waals surface area contributed by atoms with Crippen molar-refractivity contribution in [2.75, 3.05) is 59.4 Å². The van der Waals surface area contributed by atoms with Gasteiger partial charge in [0.1, 0.15) is 0 Å². The standard InChI is InChI=1S/C20H37N5O/c1-20(8-4-5-9-20)17-22-19(21-2)25-14-12-23(13-15-25)16-18(26)24-10-6-3-7-11-24/h3-17H2,1-2H3,(H,21,22). The molecule has 6 nitrogen and oxygen atoms in total. The third-order valence-electron chi connectivity index (χ3n) is 6.44. The molecule has 3 rings (SSSR count). The van der Waals surface area contributed by atoms with Crippen LogP contribution in [0, 0.1) is 5.41 Å². The van der Waals surface area contributed by atoms with Crippen molar-refractivity contribution < 1.29 is 4.79 Å². The van der Waals surface area contributed by atoms with Crippen LogP contribution in [0.15, 0.2) is 4.99 Å². The van der Waals surface area contributed by atoms with Crippen LogP contribution in [0.25, 0.3) is 0 Å². The summed E-state index contributed by atoms with van der Waals surface area (Å²) in [5, 5.41) is 3.61. The summed E-state index contributed by atoms with van der Waals surface area (Å²) in [6.07, 6.45) is 8.97. The topological polar surface area (TPSA) is 51.2 Å². The van der Waals surface area contributed by atoms with Gasteiger partial charge >= 0.3 is 0 Å². The maximum atomic E-state index is 12.5. The van der Waals surface area contributed by atoms with E-state index in [9.17, 15) is 4.79 Å². The molecule has 0 aromatic heterocycles. The van der Waals surface area contributed by atoms with E-state index >= 15 is 0 Å². The number of nitrogens with zero attached hydrogens (tertiary/aromatic N) is 4. The van der Waals surface area contributed by atoms with Gasteiger partial charge < -0.3 is 15.1 Å². The maximum Gasteiger partial charge on any atom is 0.236 e. The minimum absolute atomic E-state index is 0.315. The molecule has 0 aromatic carbocycles. The van der Waals surface area contributed by atoms with Crippen molar-refractivity contribution in [2.24, 2.45) is 10.4 Å². The van der Waals surface area contributed by atoms with Gasteiger partial charge in [-0.2, -0.15) is 0 Å². The van der Waals surface area contributed by atoms with Crippen molar-refractivity contribution in [1.29, 1.82) is 0 Å². The molecule has 0 bridgehead atoms. The average Bonchev–Trinajstić information content (AvgIpc) is 3.11. The highest BCUT2D eigenvalue weighted by atomic mass is 16.2. The number of carbonyl (C=O) groups excluding carboxylic acids is 1. The fourth-order valence-electron chi connectivity index (χ4n) is 4.58. The second-order valence-electron chi connectivity index (χ2n) is 8.62. The number of guanidine groups is 1. The Morgan fingerprint density at radius 1 is 0.923 bits per heavy atom. The number of piperidine rings is 1. The first kappa shape index (κ1) is 19.5. The van der Waals surface area contributed by atoms with E-state index in [1.54, 1.807) is 0 Å². The summed E-state index contributed by atoms with van der Waals surface area (Å²) < 4.78 is 0. The van der Waals surface area contributed by atoms with E-state index in [1.165, 1.54) is 44.9 Å². The Kier molecular flexibility index (Phi) is 6.79. The number of hydrogen-bond donors (Lipinski definition) is 1. The van der Waals surface area contributed by atoms with Crippen LogP contribution in [0.4, 0.5) is 0 Å². The first-order valence-corrected chi connectivity index (χ1v) is 10.6. The molecule has 1 N–H and O–H groups in total. The number of likely N-dealkylation sites (tertiary alicyclic amines) is 1. The van der Waals surface area contributed by atoms with Gasteiger partial charge in [-0.3, -0.25) is 14.7 Å². The summed E-state index contributed by atoms with van der Waals surface area (Å²) in [6, 6.07) is 0. The zero-order valence-corrected chi connectivity index (χ0v) is 16.8. The third-order valence-corrected chi connectivity index (χ3v) is 6.44. The lowest BCUT2D eigenvalue weighted by molar-refractivity contribution is -0.133. The molecule has 0 unspecified atom stereocenters. The van der Waals surface area contributed by atoms with E-state index in [0.717, 1.165) is 51.8 Å². The van der Waals surface area contributed by atoms with E-state index in [4.69, 9.17) is 0 Å². The summed E-state index contributed by atoms with van der Waals surface area (Å²) in [4.78, 5) is 23.7. The van der Waals surface area contributed by atoms with Gasteiger partial charge in [0.2, 0.25) is 5.91 Å². The van der Waals surface area contributed by atoms with Gasteiger partial charge in [0.05, 0.1) is 6.54 Å². The smallest absolute Gasteiger partial charge is 0.236 e. The van der Waals surface area contributed by atoms with E-state index in [1.807, 2.05) is 7.05 Å². The molecule has 0 spiro atoms. The average molecular weight is 364 g/mol. The summed E-state index contributed by atoms with van der Waals surface area (Å²) in [6.45, 7) is 9.68. The molecule has 6 heteroatoms. The van der Waals surface area contributed by atoms with Gasteiger partial charge in [-0.05, 0) is 37.5 Å². The van der Waals surface area contributed by atoms with Gasteiger partial charge in [-0.15, -0.1) is 0 Å². The monoisotopic (exact) mass is 363 g/mol. The predicted octanol–water partition coefficient (Wildman–Crippen LogP) is 1.77. The Labute approximate surface area is 159 Å². The van der Waals surface area contributed by atoms with Gasteiger partial charge in [-0.25, -0.2) is 0 Å². The summed E-state index contributed by atoms with van der Waals surface area (Å²) in [7, 11) is 1.88. The Morgan fingerprint density at radius 3 is 2.19 bits per heavy atom. The first-order chi connectivity index (χ1) is 12.6. The van der Waals surface area contributed by atoms with Gasteiger partial charge in [0.15, 0.2) is 5.96 Å². The molecule has 1 amide bonds. The van der Waals surface area contributed by atoms with Crippen molar-refractivity contribution in [2.45, 2.75) is 51.9 Å². The van der Waals surface area contributed by atoms with Crippen LogP contribution in [0.2, 0.25) is 0 Å². The Balaban J connectivity index is 1.41. The van der Waals surface area contributed by atoms with Crippen LogP contribution in [0.5, 0.6) is 0 Å². The third kappa shape index (κ3) is 5.12. The molecule has 1 saturated carbocycles. The summed E-state index contributed by atoms with van der Waals surface area (Å²) >= 11 is 0. The van der Waals surface area contributed by atoms with Crippen molar-refractivity contribution in [3.8, 4) is 0 Å². The van der Waals surface area contributed by atoms with Crippen LogP contribution in [0.1, 0.15) is 51.9 Å². The molecule has 1 aliphatic carbocycles. The molecule has 148 valence electrons. The number of hydrogen-bond acceptors (Lipinski definition) is 3. The minimum atomic E-state index is 0.315. The molecular weight excluding hydrogens is 326 g/mol. The van der Waals surface area contributed by atoms with Gasteiger partial charge in [0.25, 0.3) is 0 Å². The molecule has 0 atom stereocenters. The second kappa shape index (κ2) is 9.07. The number of aliphatic imine (C=N–C) groups is 1. The van der Waals surface area contributed by atoms with Gasteiger partial charge in [0, 0.05) is 52.9 Å². The number of amides is 1. The fourth-order valence-corrected chi connectivity index (χ4v) is 4.58. The lowest BCUT2D eigenvalue weighted by Gasteiger charge is -2.38. The zero-order valence-electron chi connectivity index (χ0n) is 16.8. The first-order valence-electron chi connectivity index (χ1n) is 10.6. The molecule has 2 aliphatic heterocycles. The molecule has 3 aliphatic rings. The molecule has 0 aromatic rings. The normalized spacial score (nSPS) is 24.8. The van der Waals surface area contributed by atoms with Crippen LogP contribution in [0.3, 0.4) is 0 Å². The maximum absolute atomic E-state index is 12.5. The lowest BCUT2D eigenvalue weighted by Crippen LogP contribution is -2.55. The molecule has 0 radical (unpaired) electrons. The molecule has 2 heterocycles. The SMILES string of the molecule is CN=C(NCC1(C)CCCC1)N1CCN(CC(=O)N2CCCCC2)CC1. The van der Waals surface area contributed by atoms with Crippen LogP contribution in [-0.2, 0) is 4.79 Å². The Morgan fingerprint density at radius 2 is 1.58 bits per heavy atom. The molecule has 26 heavy (non-hydrogen) atoms. The molecule has 3 fully saturated rings. The highest BCUT2D eigenvalue weighted by molar-refractivity contribution is 5.80. The van der Waals surface area contributed by atoms with E-state index < -0.39 is 0 Å². The Hall–Kier alpha value is -1.30. The number of rotatable bonds is 4. The van der Waals surface area contributed by atoms with E-state index in [2.05, 4.69) is 31.9 Å². The van der Waals surface area contributed by atoms with Crippen molar-refractivity contribution in [3.05, 3.63) is 0 Å². The van der Waals surface area contributed by atoms with Crippen molar-refractivity contribution in [1.82, 2.24) is 20.0 Å². The summed E-state index contributed by atoms with van der Waals surface area (Å²) in [5.41, 5.74) is 0.429. The predicted molar refractivity (Wildman–Crippen MR) is 106 cm³/mol. The Bertz CT molecular complexity index is 486. The number of piperazine rings is 1. The highest BCUT2D eigenvalue weighted by Gasteiger charge is 2.30. The largest absolute Gasteiger partial charge is 0.356 e. The van der Waals surface area contributed by atoms with Crippen LogP contribution >= 0.6 is 0 Å². The van der Waals surface area contributed by atoms with Crippen molar-refractivity contribution in [3.63, 3.8) is 0 Å². The zero-order chi connectivity index (χ0) is 18.4. The number of nitrogens with one attached hydrogen (secondary N) is 1. The highest BCUT2D eigenvalue weighted by Crippen LogP contribution is 2.36. The van der Waals surface area contributed by atoms with Crippen molar-refractivity contribution >= 4 is 11.9 Å². The molecule has 2 saturated heterocycles. The molecular formula is C20H37N5O. The van der Waals surface area contributed by atoms with Gasteiger partial charge in [-0.1, -0.05) is 19.8 Å². The van der Waals surface area contributed by atoms with Crippen LogP contribution in [-0.4, -0.2) is 86.0 Å². The fraction of sp³-hybridized carbons (Fsp3) is 0.900. The quantitative estimate of drug-likeness (QED) is 0.611. The van der Waals surface area contributed by atoms with E-state index in [-0.39, 0.29) is 0 Å².